The minimum absolute atomic E-state index is 0.0149. The molecule has 1 N–H and O–H groups in total. The highest BCUT2D eigenvalue weighted by Gasteiger charge is 2.42. The zero-order valence-corrected chi connectivity index (χ0v) is 14.8. The van der Waals surface area contributed by atoms with Crippen molar-refractivity contribution in [2.24, 2.45) is 11.8 Å². The van der Waals surface area contributed by atoms with Crippen molar-refractivity contribution in [3.8, 4) is 0 Å². The summed E-state index contributed by atoms with van der Waals surface area (Å²) in [5, 5.41) is 3.02. The molecule has 1 aliphatic heterocycles. The van der Waals surface area contributed by atoms with Crippen molar-refractivity contribution in [1.29, 1.82) is 0 Å². The number of carbonyl (C=O) groups is 2. The molecule has 5 heteroatoms. The molecule has 1 saturated carbocycles. The topological polar surface area (TPSA) is 52.7 Å². The van der Waals surface area contributed by atoms with E-state index in [0.717, 1.165) is 24.3 Å². The van der Waals surface area contributed by atoms with Gasteiger partial charge in [-0.2, -0.15) is 0 Å². The fourth-order valence-electron chi connectivity index (χ4n) is 4.17. The lowest BCUT2D eigenvalue weighted by molar-refractivity contribution is -0.116. The number of nitrogens with one attached hydrogen (secondary N) is 1. The summed E-state index contributed by atoms with van der Waals surface area (Å²) < 4.78 is 0. The van der Waals surface area contributed by atoms with Crippen LogP contribution in [-0.4, -0.2) is 36.5 Å². The van der Waals surface area contributed by atoms with E-state index in [1.54, 1.807) is 11.9 Å². The Morgan fingerprint density at radius 3 is 2.75 bits per heavy atom. The first-order chi connectivity index (χ1) is 11.5. The summed E-state index contributed by atoms with van der Waals surface area (Å²) in [7, 11) is 1.73. The highest BCUT2D eigenvalue weighted by molar-refractivity contribution is 5.93. The predicted octanol–water partition coefficient (Wildman–Crippen LogP) is 3.71. The van der Waals surface area contributed by atoms with Gasteiger partial charge in [-0.25, -0.2) is 4.79 Å². The Kier molecular flexibility index (Phi) is 4.78. The molecule has 1 saturated heterocycles. The number of nitrogens with zero attached hydrogens (tertiary/aromatic N) is 2. The molecule has 130 valence electrons. The second-order valence-electron chi connectivity index (χ2n) is 7.20. The zero-order valence-electron chi connectivity index (χ0n) is 14.8. The molecule has 0 unspecified atom stereocenters. The van der Waals surface area contributed by atoms with Gasteiger partial charge in [-0.1, -0.05) is 25.8 Å². The third-order valence-corrected chi connectivity index (χ3v) is 5.62. The van der Waals surface area contributed by atoms with Crippen LogP contribution in [-0.2, 0) is 4.79 Å². The fourth-order valence-corrected chi connectivity index (χ4v) is 4.17. The minimum Gasteiger partial charge on any atom is -0.321 e. The highest BCUT2D eigenvalue weighted by atomic mass is 16.2. The van der Waals surface area contributed by atoms with Gasteiger partial charge in [-0.05, 0) is 42.9 Å². The summed E-state index contributed by atoms with van der Waals surface area (Å²) in [5.74, 6) is 1.20. The Balaban J connectivity index is 1.71. The van der Waals surface area contributed by atoms with Crippen LogP contribution in [0.5, 0.6) is 0 Å². The molecule has 1 heterocycles. The van der Waals surface area contributed by atoms with E-state index in [1.165, 1.54) is 26.2 Å². The van der Waals surface area contributed by atoms with Crippen molar-refractivity contribution < 1.29 is 9.59 Å². The number of carbonyl (C=O) groups excluding carboxylic acids is 2. The number of fused-ring (bicyclic) bond motifs is 1. The van der Waals surface area contributed by atoms with Crippen LogP contribution in [0.3, 0.4) is 0 Å². The maximum atomic E-state index is 12.8. The minimum atomic E-state index is -0.0307. The lowest BCUT2D eigenvalue weighted by Crippen LogP contribution is -2.41. The van der Waals surface area contributed by atoms with Gasteiger partial charge >= 0.3 is 6.03 Å². The van der Waals surface area contributed by atoms with Crippen LogP contribution in [0.2, 0.25) is 0 Å². The van der Waals surface area contributed by atoms with Gasteiger partial charge in [0.15, 0.2) is 0 Å². The third kappa shape index (κ3) is 3.25. The number of benzene rings is 1. The van der Waals surface area contributed by atoms with E-state index in [4.69, 9.17) is 0 Å². The van der Waals surface area contributed by atoms with E-state index in [0.29, 0.717) is 17.9 Å². The molecule has 0 spiro atoms. The molecule has 1 aliphatic carbocycles. The van der Waals surface area contributed by atoms with E-state index in [1.807, 2.05) is 29.2 Å². The summed E-state index contributed by atoms with van der Waals surface area (Å²) in [6, 6.07) is 7.81. The van der Waals surface area contributed by atoms with Crippen LogP contribution in [0.15, 0.2) is 24.3 Å². The van der Waals surface area contributed by atoms with Gasteiger partial charge in [0.1, 0.15) is 0 Å². The van der Waals surface area contributed by atoms with Crippen LogP contribution in [0.1, 0.15) is 39.5 Å². The van der Waals surface area contributed by atoms with Crippen LogP contribution in [0.4, 0.5) is 16.2 Å². The summed E-state index contributed by atoms with van der Waals surface area (Å²) in [5.41, 5.74) is 1.52. The summed E-state index contributed by atoms with van der Waals surface area (Å²) >= 11 is 0. The van der Waals surface area contributed by atoms with Crippen LogP contribution >= 0.6 is 0 Å². The number of urea groups is 1. The Labute approximate surface area is 144 Å². The summed E-state index contributed by atoms with van der Waals surface area (Å²) in [6.07, 6.45) is 4.88. The smallest absolute Gasteiger partial charge is 0.321 e. The third-order valence-electron chi connectivity index (χ3n) is 5.62. The van der Waals surface area contributed by atoms with E-state index in [-0.39, 0.29) is 11.9 Å². The molecule has 3 amide bonds. The normalized spacial score (nSPS) is 26.0. The number of likely N-dealkylation sites (tertiary alicyclic amines) is 1. The van der Waals surface area contributed by atoms with Crippen molar-refractivity contribution in [1.82, 2.24) is 4.90 Å². The van der Waals surface area contributed by atoms with Gasteiger partial charge in [0, 0.05) is 37.9 Å². The van der Waals surface area contributed by atoms with E-state index in [2.05, 4.69) is 12.2 Å². The number of amides is 3. The molecular formula is C19H27N3O2. The molecule has 0 aromatic heterocycles. The first-order valence-corrected chi connectivity index (χ1v) is 8.89. The van der Waals surface area contributed by atoms with Gasteiger partial charge in [0.25, 0.3) is 0 Å². The van der Waals surface area contributed by atoms with Crippen LogP contribution in [0.25, 0.3) is 0 Å². The Morgan fingerprint density at radius 2 is 2.00 bits per heavy atom. The molecule has 2 aliphatic rings. The molecule has 3 rings (SSSR count). The van der Waals surface area contributed by atoms with Crippen LogP contribution in [0, 0.1) is 11.8 Å². The van der Waals surface area contributed by atoms with Gasteiger partial charge in [0.05, 0.1) is 0 Å². The van der Waals surface area contributed by atoms with Crippen molar-refractivity contribution in [2.45, 2.75) is 45.6 Å². The summed E-state index contributed by atoms with van der Waals surface area (Å²) in [6.45, 7) is 4.63. The van der Waals surface area contributed by atoms with Crippen molar-refractivity contribution >= 4 is 23.3 Å². The molecule has 0 radical (unpaired) electrons. The van der Waals surface area contributed by atoms with E-state index in [9.17, 15) is 9.59 Å². The van der Waals surface area contributed by atoms with Crippen molar-refractivity contribution in [2.75, 3.05) is 23.8 Å². The van der Waals surface area contributed by atoms with Gasteiger partial charge in [0.2, 0.25) is 5.91 Å². The van der Waals surface area contributed by atoms with E-state index < -0.39 is 0 Å². The average molecular weight is 329 g/mol. The maximum Gasteiger partial charge on any atom is 0.322 e. The van der Waals surface area contributed by atoms with E-state index >= 15 is 0 Å². The predicted molar refractivity (Wildman–Crippen MR) is 96.2 cm³/mol. The molecule has 1 aromatic carbocycles. The number of hydrogen-bond donors (Lipinski definition) is 1. The second kappa shape index (κ2) is 6.83. The lowest BCUT2D eigenvalue weighted by atomic mass is 9.80. The van der Waals surface area contributed by atoms with Gasteiger partial charge in [-0.3, -0.25) is 4.79 Å². The number of anilines is 2. The molecule has 0 bridgehead atoms. The SMILES string of the molecule is CC(=O)N(C)c1cccc(NC(=O)N2C[C@H](C)[C@H]3CCCC[C@@H]32)c1. The second-order valence-corrected chi connectivity index (χ2v) is 7.20. The number of rotatable bonds is 2. The zero-order chi connectivity index (χ0) is 17.3. The molecule has 3 atom stereocenters. The van der Waals surface area contributed by atoms with Gasteiger partial charge < -0.3 is 15.1 Å². The standard InChI is InChI=1S/C19H27N3O2/c1-13-12-22(18-10-5-4-9-17(13)18)19(24)20-15-7-6-8-16(11-15)21(3)14(2)23/h6-8,11,13,17-18H,4-5,9-10,12H2,1-3H3,(H,20,24)/t13-,17+,18-/m0/s1. The Hall–Kier alpha value is -2.04. The highest BCUT2D eigenvalue weighted by Crippen LogP contribution is 2.39. The van der Waals surface area contributed by atoms with Gasteiger partial charge in [-0.15, -0.1) is 0 Å². The molecule has 2 fully saturated rings. The first-order valence-electron chi connectivity index (χ1n) is 8.89. The monoisotopic (exact) mass is 329 g/mol. The average Bonchev–Trinajstić information content (AvgIpc) is 2.92. The molecule has 1 aromatic rings. The lowest BCUT2D eigenvalue weighted by Gasteiger charge is -2.32. The first kappa shape index (κ1) is 16.8. The van der Waals surface area contributed by atoms with Crippen molar-refractivity contribution in [3.63, 3.8) is 0 Å². The molecule has 24 heavy (non-hydrogen) atoms. The fraction of sp³-hybridized carbons (Fsp3) is 0.579. The number of hydrogen-bond acceptors (Lipinski definition) is 2. The molecular weight excluding hydrogens is 302 g/mol. The Morgan fingerprint density at radius 1 is 1.25 bits per heavy atom. The largest absolute Gasteiger partial charge is 0.322 e. The van der Waals surface area contributed by atoms with Crippen LogP contribution < -0.4 is 10.2 Å². The van der Waals surface area contributed by atoms with Crippen molar-refractivity contribution in [3.05, 3.63) is 24.3 Å². The summed E-state index contributed by atoms with van der Waals surface area (Å²) in [4.78, 5) is 27.9. The quantitative estimate of drug-likeness (QED) is 0.899. The maximum absolute atomic E-state index is 12.8. The molecule has 5 nitrogen and oxygen atoms in total. The Bertz CT molecular complexity index is 631.